The number of aromatic nitrogens is 6. The van der Waals surface area contributed by atoms with Crippen LogP contribution in [-0.2, 0) is 12.7 Å². The zero-order chi connectivity index (χ0) is 26.7. The van der Waals surface area contributed by atoms with E-state index in [4.69, 9.17) is 0 Å². The van der Waals surface area contributed by atoms with Crippen molar-refractivity contribution in [2.24, 2.45) is 0 Å². The number of rotatable bonds is 4. The molecule has 1 fully saturated rings. The molecule has 4 heterocycles. The molecule has 10 nitrogen and oxygen atoms in total. The van der Waals surface area contributed by atoms with Crippen LogP contribution < -0.4 is 5.32 Å². The molecule has 1 N–H and O–H groups in total. The molecule has 1 saturated heterocycles. The highest BCUT2D eigenvalue weighted by molar-refractivity contribution is 6.02. The standard InChI is InChI=1S/C25H22F3N9O/c1-35-8-10-36(11-9-35)15-18-3-4-19(12-20(18)25(26,27)28)33-23(38)21-6-7-29-22(34-21)5-2-17-13-30-24-31-16-32-37(24)14-17/h3-4,6-7,12-14,16H,8-11,15H2,1H3,(H,33,38). The lowest BCUT2D eigenvalue weighted by atomic mass is 10.0. The maximum Gasteiger partial charge on any atom is 0.416 e. The van der Waals surface area contributed by atoms with E-state index >= 15 is 0 Å². The Balaban J connectivity index is 1.31. The Hall–Kier alpha value is -4.41. The Morgan fingerprint density at radius 2 is 1.89 bits per heavy atom. The monoisotopic (exact) mass is 521 g/mol. The molecule has 194 valence electrons. The van der Waals surface area contributed by atoms with E-state index in [-0.39, 0.29) is 29.3 Å². The minimum Gasteiger partial charge on any atom is -0.321 e. The fraction of sp³-hybridized carbons (Fsp3) is 0.280. The predicted molar refractivity (Wildman–Crippen MR) is 131 cm³/mol. The number of nitrogens with one attached hydrogen (secondary N) is 1. The summed E-state index contributed by atoms with van der Waals surface area (Å²) in [4.78, 5) is 33.1. The van der Waals surface area contributed by atoms with Gasteiger partial charge in [-0.05, 0) is 36.7 Å². The molecule has 5 rings (SSSR count). The van der Waals surface area contributed by atoms with Gasteiger partial charge in [0.1, 0.15) is 12.0 Å². The summed E-state index contributed by atoms with van der Waals surface area (Å²) in [5, 5.41) is 6.49. The SMILES string of the molecule is CN1CCN(Cc2ccc(NC(=O)c3ccnc(C#Cc4cnc5ncnn5c4)n3)cc2C(F)(F)F)CC1. The molecule has 0 saturated carbocycles. The minimum absolute atomic E-state index is 0.0166. The summed E-state index contributed by atoms with van der Waals surface area (Å²) in [7, 11) is 1.99. The quantitative estimate of drug-likeness (QED) is 0.408. The molecule has 0 bridgehead atoms. The number of amides is 1. The molecule has 0 spiro atoms. The van der Waals surface area contributed by atoms with Crippen molar-refractivity contribution in [3.63, 3.8) is 0 Å². The highest BCUT2D eigenvalue weighted by Gasteiger charge is 2.34. The molecule has 38 heavy (non-hydrogen) atoms. The maximum absolute atomic E-state index is 13.9. The number of anilines is 1. The molecule has 1 aliphatic rings. The first-order chi connectivity index (χ1) is 18.2. The van der Waals surface area contributed by atoms with Crippen molar-refractivity contribution in [1.29, 1.82) is 0 Å². The highest BCUT2D eigenvalue weighted by Crippen LogP contribution is 2.34. The number of benzene rings is 1. The first-order valence-electron chi connectivity index (χ1n) is 11.7. The number of hydrogen-bond acceptors (Lipinski definition) is 8. The number of piperazine rings is 1. The number of carbonyl (C=O) groups is 1. The molecule has 3 aromatic heterocycles. The molecule has 1 aromatic carbocycles. The Labute approximate surface area is 215 Å². The number of hydrogen-bond donors (Lipinski definition) is 1. The molecule has 13 heteroatoms. The summed E-state index contributed by atoms with van der Waals surface area (Å²) in [5.74, 6) is 5.39. The fourth-order valence-electron chi connectivity index (χ4n) is 3.96. The van der Waals surface area contributed by atoms with Gasteiger partial charge in [0.25, 0.3) is 11.7 Å². The van der Waals surface area contributed by atoms with E-state index in [1.54, 1.807) is 6.20 Å². The third-order valence-electron chi connectivity index (χ3n) is 6.00. The second kappa shape index (κ2) is 10.5. The molecule has 0 unspecified atom stereocenters. The fourth-order valence-corrected chi connectivity index (χ4v) is 3.96. The number of fused-ring (bicyclic) bond motifs is 1. The van der Waals surface area contributed by atoms with E-state index in [9.17, 15) is 18.0 Å². The van der Waals surface area contributed by atoms with Gasteiger partial charge in [0.2, 0.25) is 5.82 Å². The smallest absolute Gasteiger partial charge is 0.321 e. The van der Waals surface area contributed by atoms with E-state index < -0.39 is 17.6 Å². The van der Waals surface area contributed by atoms with Crippen LogP contribution in [0.1, 0.15) is 33.0 Å². The number of nitrogens with zero attached hydrogens (tertiary/aromatic N) is 8. The Morgan fingerprint density at radius 3 is 2.68 bits per heavy atom. The van der Waals surface area contributed by atoms with Gasteiger partial charge in [0, 0.05) is 57.0 Å². The maximum atomic E-state index is 13.9. The van der Waals surface area contributed by atoms with Crippen molar-refractivity contribution in [3.8, 4) is 11.8 Å². The van der Waals surface area contributed by atoms with E-state index in [1.807, 2.05) is 11.9 Å². The lowest BCUT2D eigenvalue weighted by molar-refractivity contribution is -0.138. The van der Waals surface area contributed by atoms with Crippen LogP contribution in [-0.4, -0.2) is 78.5 Å². The third-order valence-corrected chi connectivity index (χ3v) is 6.00. The lowest BCUT2D eigenvalue weighted by Crippen LogP contribution is -2.44. The topological polar surface area (TPSA) is 104 Å². The Morgan fingerprint density at radius 1 is 1.08 bits per heavy atom. The number of halogens is 3. The minimum atomic E-state index is -4.57. The van der Waals surface area contributed by atoms with Gasteiger partial charge in [-0.3, -0.25) is 9.69 Å². The van der Waals surface area contributed by atoms with E-state index in [0.29, 0.717) is 24.4 Å². The molecule has 0 aliphatic carbocycles. The van der Waals surface area contributed by atoms with Crippen LogP contribution in [0.4, 0.5) is 18.9 Å². The van der Waals surface area contributed by atoms with Gasteiger partial charge in [-0.15, -0.1) is 0 Å². The number of likely N-dealkylation sites (N-methyl/N-ethyl adjacent to an activating group) is 1. The van der Waals surface area contributed by atoms with Crippen LogP contribution in [0.15, 0.2) is 49.2 Å². The van der Waals surface area contributed by atoms with Crippen molar-refractivity contribution in [2.45, 2.75) is 12.7 Å². The molecule has 0 radical (unpaired) electrons. The van der Waals surface area contributed by atoms with E-state index in [0.717, 1.165) is 19.2 Å². The average Bonchev–Trinajstić information content (AvgIpc) is 3.37. The van der Waals surface area contributed by atoms with Gasteiger partial charge in [0.15, 0.2) is 0 Å². The zero-order valence-electron chi connectivity index (χ0n) is 20.3. The molecule has 0 atom stereocenters. The van der Waals surface area contributed by atoms with Crippen molar-refractivity contribution >= 4 is 17.4 Å². The molecular weight excluding hydrogens is 499 g/mol. The Kier molecular flexibility index (Phi) is 6.99. The normalized spacial score (nSPS) is 14.7. The van der Waals surface area contributed by atoms with Crippen molar-refractivity contribution in [1.82, 2.24) is 39.3 Å². The summed E-state index contributed by atoms with van der Waals surface area (Å²) >= 11 is 0. The van der Waals surface area contributed by atoms with Crippen molar-refractivity contribution in [3.05, 3.63) is 77.4 Å². The second-order valence-electron chi connectivity index (χ2n) is 8.77. The van der Waals surface area contributed by atoms with Gasteiger partial charge in [0.05, 0.1) is 11.1 Å². The van der Waals surface area contributed by atoms with Crippen LogP contribution in [0.2, 0.25) is 0 Å². The third kappa shape index (κ3) is 5.93. The van der Waals surface area contributed by atoms with Crippen LogP contribution in [0.25, 0.3) is 5.78 Å². The number of alkyl halides is 3. The zero-order valence-corrected chi connectivity index (χ0v) is 20.3. The van der Waals surface area contributed by atoms with Crippen molar-refractivity contribution in [2.75, 3.05) is 38.5 Å². The van der Waals surface area contributed by atoms with Crippen LogP contribution >= 0.6 is 0 Å². The molecular formula is C25H22F3N9O. The van der Waals surface area contributed by atoms with E-state index in [2.05, 4.69) is 47.1 Å². The summed E-state index contributed by atoms with van der Waals surface area (Å²) in [6.45, 7) is 3.17. The summed E-state index contributed by atoms with van der Waals surface area (Å²) in [5.41, 5.74) is -0.107. The second-order valence-corrected chi connectivity index (χ2v) is 8.77. The van der Waals surface area contributed by atoms with Gasteiger partial charge < -0.3 is 10.2 Å². The first kappa shape index (κ1) is 25.2. The Bertz CT molecular complexity index is 1530. The largest absolute Gasteiger partial charge is 0.416 e. The van der Waals surface area contributed by atoms with Crippen LogP contribution in [0, 0.1) is 11.8 Å². The van der Waals surface area contributed by atoms with Gasteiger partial charge in [-0.2, -0.15) is 23.3 Å². The molecule has 1 aliphatic heterocycles. The molecule has 4 aromatic rings. The van der Waals surface area contributed by atoms with E-state index in [1.165, 1.54) is 41.4 Å². The van der Waals surface area contributed by atoms with Gasteiger partial charge in [-0.1, -0.05) is 12.0 Å². The highest BCUT2D eigenvalue weighted by atomic mass is 19.4. The van der Waals surface area contributed by atoms with Gasteiger partial charge in [-0.25, -0.2) is 19.5 Å². The molecule has 1 amide bonds. The predicted octanol–water partition coefficient (Wildman–Crippen LogP) is 2.33. The summed E-state index contributed by atoms with van der Waals surface area (Å²) in [6.07, 6.45) is 1.29. The summed E-state index contributed by atoms with van der Waals surface area (Å²) in [6, 6.07) is 5.19. The first-order valence-corrected chi connectivity index (χ1v) is 11.7. The average molecular weight is 522 g/mol. The lowest BCUT2D eigenvalue weighted by Gasteiger charge is -2.33. The van der Waals surface area contributed by atoms with Crippen LogP contribution in [0.5, 0.6) is 0 Å². The van der Waals surface area contributed by atoms with Gasteiger partial charge >= 0.3 is 6.18 Å². The summed E-state index contributed by atoms with van der Waals surface area (Å²) < 4.78 is 43.0. The number of carbonyl (C=O) groups excluding carboxylic acids is 1. The van der Waals surface area contributed by atoms with Crippen LogP contribution in [0.3, 0.4) is 0 Å². The van der Waals surface area contributed by atoms with Crippen molar-refractivity contribution < 1.29 is 18.0 Å².